The highest BCUT2D eigenvalue weighted by molar-refractivity contribution is 5.86. The van der Waals surface area contributed by atoms with E-state index in [0.717, 1.165) is 11.1 Å². The number of nitrogens with zero attached hydrogens (tertiary/aromatic N) is 1. The van der Waals surface area contributed by atoms with Crippen molar-refractivity contribution in [3.63, 3.8) is 0 Å². The molecule has 1 amide bonds. The molecule has 0 aliphatic carbocycles. The van der Waals surface area contributed by atoms with Gasteiger partial charge in [0.2, 0.25) is 5.91 Å². The van der Waals surface area contributed by atoms with Crippen LogP contribution in [0.2, 0.25) is 0 Å². The van der Waals surface area contributed by atoms with Crippen molar-refractivity contribution < 1.29 is 9.18 Å². The van der Waals surface area contributed by atoms with Gasteiger partial charge < -0.3 is 16.0 Å². The average molecular weight is 328 g/mol. The van der Waals surface area contributed by atoms with Crippen LogP contribution in [0.1, 0.15) is 11.1 Å². The first-order valence-corrected chi connectivity index (χ1v) is 7.67. The molecular formula is C18H21FN4O. The first kappa shape index (κ1) is 17.5. The van der Waals surface area contributed by atoms with E-state index in [1.54, 1.807) is 13.1 Å². The fourth-order valence-electron chi connectivity index (χ4n) is 2.08. The van der Waals surface area contributed by atoms with Crippen molar-refractivity contribution in [2.24, 2.45) is 4.99 Å². The third kappa shape index (κ3) is 6.08. The van der Waals surface area contributed by atoms with Crippen LogP contribution in [0.15, 0.2) is 59.6 Å². The van der Waals surface area contributed by atoms with Crippen LogP contribution >= 0.6 is 0 Å². The molecule has 0 aromatic heterocycles. The van der Waals surface area contributed by atoms with E-state index in [1.807, 2.05) is 36.4 Å². The minimum Gasteiger partial charge on any atom is -0.352 e. The lowest BCUT2D eigenvalue weighted by Crippen LogP contribution is -2.42. The van der Waals surface area contributed by atoms with Crippen molar-refractivity contribution in [1.29, 1.82) is 0 Å². The Balaban J connectivity index is 1.72. The summed E-state index contributed by atoms with van der Waals surface area (Å²) in [5, 5.41) is 8.78. The maximum atomic E-state index is 13.1. The molecule has 0 saturated carbocycles. The van der Waals surface area contributed by atoms with Crippen LogP contribution in [0.25, 0.3) is 0 Å². The highest BCUT2D eigenvalue weighted by Gasteiger charge is 2.04. The Morgan fingerprint density at radius 2 is 1.67 bits per heavy atom. The van der Waals surface area contributed by atoms with Gasteiger partial charge in [0.1, 0.15) is 5.82 Å². The molecule has 0 heterocycles. The minimum atomic E-state index is -0.280. The second-order valence-electron chi connectivity index (χ2n) is 5.17. The molecule has 0 aliphatic rings. The smallest absolute Gasteiger partial charge is 0.239 e. The zero-order valence-electron chi connectivity index (χ0n) is 13.6. The van der Waals surface area contributed by atoms with Crippen LogP contribution in [-0.2, 0) is 17.9 Å². The molecule has 2 aromatic rings. The number of carbonyl (C=O) groups is 1. The van der Waals surface area contributed by atoms with E-state index in [4.69, 9.17) is 0 Å². The third-order valence-electron chi connectivity index (χ3n) is 3.32. The van der Waals surface area contributed by atoms with Crippen molar-refractivity contribution in [1.82, 2.24) is 16.0 Å². The highest BCUT2D eigenvalue weighted by atomic mass is 19.1. The Bertz CT molecular complexity index is 688. The molecule has 126 valence electrons. The van der Waals surface area contributed by atoms with Gasteiger partial charge in [-0.15, -0.1) is 0 Å². The maximum Gasteiger partial charge on any atom is 0.239 e. The van der Waals surface area contributed by atoms with Gasteiger partial charge in [-0.05, 0) is 23.3 Å². The number of halogens is 1. The van der Waals surface area contributed by atoms with Crippen molar-refractivity contribution in [3.8, 4) is 0 Å². The number of nitrogens with one attached hydrogen (secondary N) is 3. The lowest BCUT2D eigenvalue weighted by atomic mass is 10.2. The molecule has 2 rings (SSSR count). The Kier molecular flexibility index (Phi) is 6.76. The maximum absolute atomic E-state index is 13.1. The summed E-state index contributed by atoms with van der Waals surface area (Å²) in [7, 11) is 1.61. The summed E-state index contributed by atoms with van der Waals surface area (Å²) in [5.41, 5.74) is 1.84. The molecule has 0 aliphatic heterocycles. The molecule has 0 spiro atoms. The summed E-state index contributed by atoms with van der Waals surface area (Å²) in [4.78, 5) is 15.9. The van der Waals surface area contributed by atoms with Crippen molar-refractivity contribution in [3.05, 3.63) is 71.5 Å². The second-order valence-corrected chi connectivity index (χ2v) is 5.17. The number of hydrogen-bond acceptors (Lipinski definition) is 2. The molecule has 0 saturated heterocycles. The van der Waals surface area contributed by atoms with Crippen molar-refractivity contribution >= 4 is 11.9 Å². The molecule has 3 N–H and O–H groups in total. The molecular weight excluding hydrogens is 307 g/mol. The molecule has 2 aromatic carbocycles. The van der Waals surface area contributed by atoms with Crippen LogP contribution in [0, 0.1) is 5.82 Å². The van der Waals surface area contributed by atoms with E-state index >= 15 is 0 Å². The Hall–Kier alpha value is -2.89. The molecule has 24 heavy (non-hydrogen) atoms. The van der Waals surface area contributed by atoms with E-state index < -0.39 is 0 Å². The number of guanidine groups is 1. The van der Waals surface area contributed by atoms with Gasteiger partial charge >= 0.3 is 0 Å². The third-order valence-corrected chi connectivity index (χ3v) is 3.32. The molecule has 0 atom stereocenters. The van der Waals surface area contributed by atoms with Crippen LogP contribution in [0.5, 0.6) is 0 Å². The topological polar surface area (TPSA) is 65.5 Å². The summed E-state index contributed by atoms with van der Waals surface area (Å²) in [6.45, 7) is 1.01. The molecule has 6 heteroatoms. The number of hydrogen-bond donors (Lipinski definition) is 3. The van der Waals surface area contributed by atoms with Crippen LogP contribution in [0.4, 0.5) is 4.39 Å². The van der Waals surface area contributed by atoms with Gasteiger partial charge in [-0.1, -0.05) is 42.5 Å². The van der Waals surface area contributed by atoms with E-state index in [9.17, 15) is 9.18 Å². The molecule has 0 unspecified atom stereocenters. The van der Waals surface area contributed by atoms with Crippen LogP contribution < -0.4 is 16.0 Å². The summed E-state index contributed by atoms with van der Waals surface area (Å²) in [5.74, 6) is 0.0687. The van der Waals surface area contributed by atoms with Gasteiger partial charge in [0.15, 0.2) is 5.96 Å². The van der Waals surface area contributed by atoms with Gasteiger partial charge in [0.25, 0.3) is 0 Å². The fourth-order valence-corrected chi connectivity index (χ4v) is 2.08. The number of carbonyl (C=O) groups excluding carboxylic acids is 1. The lowest BCUT2D eigenvalue weighted by molar-refractivity contribution is -0.120. The van der Waals surface area contributed by atoms with Crippen molar-refractivity contribution in [2.45, 2.75) is 13.1 Å². The van der Waals surface area contributed by atoms with Gasteiger partial charge in [0.05, 0.1) is 6.54 Å². The number of amides is 1. The number of rotatable bonds is 6. The van der Waals surface area contributed by atoms with Gasteiger partial charge in [-0.2, -0.15) is 0 Å². The number of aliphatic imine (C=N–C) groups is 1. The van der Waals surface area contributed by atoms with E-state index in [0.29, 0.717) is 19.0 Å². The van der Waals surface area contributed by atoms with Gasteiger partial charge in [0, 0.05) is 20.1 Å². The number of benzene rings is 2. The SMILES string of the molecule is CN=C(NCC(=O)NCc1ccccc1)NCc1cccc(F)c1. The van der Waals surface area contributed by atoms with Gasteiger partial charge in [-0.25, -0.2) is 4.39 Å². The molecule has 5 nitrogen and oxygen atoms in total. The van der Waals surface area contributed by atoms with Crippen LogP contribution in [-0.4, -0.2) is 25.5 Å². The first-order chi connectivity index (χ1) is 11.7. The fraction of sp³-hybridized carbons (Fsp3) is 0.222. The molecule has 0 radical (unpaired) electrons. The predicted octanol–water partition coefficient (Wildman–Crippen LogP) is 1.81. The quantitative estimate of drug-likeness (QED) is 0.560. The standard InChI is InChI=1S/C18H21FN4O/c1-20-18(22-12-15-8-5-9-16(19)10-15)23-13-17(24)21-11-14-6-3-2-4-7-14/h2-10H,11-13H2,1H3,(H,21,24)(H2,20,22,23). The van der Waals surface area contributed by atoms with Crippen LogP contribution in [0.3, 0.4) is 0 Å². The Morgan fingerprint density at radius 3 is 2.38 bits per heavy atom. The Labute approximate surface area is 141 Å². The van der Waals surface area contributed by atoms with Gasteiger partial charge in [-0.3, -0.25) is 9.79 Å². The Morgan fingerprint density at radius 1 is 0.958 bits per heavy atom. The molecule has 0 bridgehead atoms. The predicted molar refractivity (Wildman–Crippen MR) is 92.9 cm³/mol. The highest BCUT2D eigenvalue weighted by Crippen LogP contribution is 2.02. The summed E-state index contributed by atoms with van der Waals surface area (Å²) in [6, 6.07) is 16.0. The lowest BCUT2D eigenvalue weighted by Gasteiger charge is -2.12. The first-order valence-electron chi connectivity index (χ1n) is 7.67. The summed E-state index contributed by atoms with van der Waals surface area (Å²) >= 11 is 0. The minimum absolute atomic E-state index is 0.107. The zero-order chi connectivity index (χ0) is 17.2. The molecule has 0 fully saturated rings. The summed E-state index contributed by atoms with van der Waals surface area (Å²) in [6.07, 6.45) is 0. The second kappa shape index (κ2) is 9.29. The largest absolute Gasteiger partial charge is 0.352 e. The average Bonchev–Trinajstić information content (AvgIpc) is 2.61. The van der Waals surface area contributed by atoms with E-state index in [-0.39, 0.29) is 18.3 Å². The normalized spacial score (nSPS) is 11.0. The van der Waals surface area contributed by atoms with Crippen molar-refractivity contribution in [2.75, 3.05) is 13.6 Å². The van der Waals surface area contributed by atoms with E-state index in [2.05, 4.69) is 20.9 Å². The summed E-state index contributed by atoms with van der Waals surface area (Å²) < 4.78 is 13.1. The van der Waals surface area contributed by atoms with E-state index in [1.165, 1.54) is 12.1 Å². The monoisotopic (exact) mass is 328 g/mol. The zero-order valence-corrected chi connectivity index (χ0v) is 13.6.